The van der Waals surface area contributed by atoms with E-state index >= 15 is 0 Å². The Hall–Kier alpha value is -0.500. The van der Waals surface area contributed by atoms with Gasteiger partial charge in [0.25, 0.3) is 0 Å². The Morgan fingerprint density at radius 2 is 2.15 bits per heavy atom. The van der Waals surface area contributed by atoms with Crippen LogP contribution in [0.3, 0.4) is 0 Å². The third kappa shape index (κ3) is 3.39. The summed E-state index contributed by atoms with van der Waals surface area (Å²) >= 11 is 5.61. The van der Waals surface area contributed by atoms with Crippen LogP contribution in [-0.2, 0) is 10.4 Å². The SMILES string of the molecule is CP(=O)(O)Oc1ccccc1CCl. The van der Waals surface area contributed by atoms with Crippen molar-refractivity contribution in [1.29, 1.82) is 0 Å². The first-order valence-corrected chi connectivity index (χ1v) is 6.22. The molecule has 0 aliphatic heterocycles. The van der Waals surface area contributed by atoms with Crippen molar-refractivity contribution in [2.24, 2.45) is 0 Å². The van der Waals surface area contributed by atoms with E-state index in [-0.39, 0.29) is 5.88 Å². The fourth-order valence-electron chi connectivity index (χ4n) is 0.886. The van der Waals surface area contributed by atoms with Gasteiger partial charge in [0.1, 0.15) is 5.75 Å². The van der Waals surface area contributed by atoms with E-state index in [1.807, 2.05) is 0 Å². The molecule has 3 nitrogen and oxygen atoms in total. The fourth-order valence-corrected chi connectivity index (χ4v) is 1.65. The molecule has 1 rings (SSSR count). The zero-order chi connectivity index (χ0) is 9.90. The highest BCUT2D eigenvalue weighted by Crippen LogP contribution is 2.39. The molecule has 1 aromatic carbocycles. The molecule has 5 heteroatoms. The van der Waals surface area contributed by atoms with Crippen molar-refractivity contribution in [3.05, 3.63) is 29.8 Å². The van der Waals surface area contributed by atoms with E-state index < -0.39 is 7.60 Å². The van der Waals surface area contributed by atoms with Crippen molar-refractivity contribution < 1.29 is 14.0 Å². The zero-order valence-corrected chi connectivity index (χ0v) is 8.76. The Morgan fingerprint density at radius 3 is 2.69 bits per heavy atom. The maximum absolute atomic E-state index is 10.9. The summed E-state index contributed by atoms with van der Waals surface area (Å²) in [5, 5.41) is 0. The summed E-state index contributed by atoms with van der Waals surface area (Å²) in [6.45, 7) is 1.14. The van der Waals surface area contributed by atoms with E-state index in [0.29, 0.717) is 11.3 Å². The Morgan fingerprint density at radius 1 is 1.54 bits per heavy atom. The smallest absolute Gasteiger partial charge is 0.373 e. The molecule has 0 aliphatic rings. The predicted molar refractivity (Wildman–Crippen MR) is 52.4 cm³/mol. The van der Waals surface area contributed by atoms with Crippen LogP contribution in [0.1, 0.15) is 5.56 Å². The van der Waals surface area contributed by atoms with Gasteiger partial charge in [-0.15, -0.1) is 11.6 Å². The Balaban J connectivity index is 2.94. The zero-order valence-electron chi connectivity index (χ0n) is 7.11. The Bertz CT molecular complexity index is 334. The number of hydrogen-bond donors (Lipinski definition) is 1. The van der Waals surface area contributed by atoms with Gasteiger partial charge in [-0.25, -0.2) is 4.57 Å². The summed E-state index contributed by atoms with van der Waals surface area (Å²) in [6.07, 6.45) is 0. The van der Waals surface area contributed by atoms with Crippen LogP contribution in [0.25, 0.3) is 0 Å². The van der Waals surface area contributed by atoms with Gasteiger partial charge in [-0.2, -0.15) is 0 Å². The van der Waals surface area contributed by atoms with Crippen LogP contribution >= 0.6 is 19.2 Å². The molecule has 1 unspecified atom stereocenters. The summed E-state index contributed by atoms with van der Waals surface area (Å²) in [7, 11) is -3.49. The van der Waals surface area contributed by atoms with Crippen LogP contribution in [0.2, 0.25) is 0 Å². The predicted octanol–water partition coefficient (Wildman–Crippen LogP) is 2.62. The fraction of sp³-hybridized carbons (Fsp3) is 0.250. The van der Waals surface area contributed by atoms with Gasteiger partial charge in [0.2, 0.25) is 0 Å². The van der Waals surface area contributed by atoms with Gasteiger partial charge in [0, 0.05) is 12.2 Å². The quantitative estimate of drug-likeness (QED) is 0.629. The first-order valence-electron chi connectivity index (χ1n) is 3.66. The second-order valence-electron chi connectivity index (χ2n) is 2.64. The summed E-state index contributed by atoms with van der Waals surface area (Å²) in [6, 6.07) is 6.88. The van der Waals surface area contributed by atoms with Gasteiger partial charge in [-0.1, -0.05) is 18.2 Å². The minimum atomic E-state index is -3.49. The van der Waals surface area contributed by atoms with E-state index in [2.05, 4.69) is 0 Å². The van der Waals surface area contributed by atoms with E-state index in [0.717, 1.165) is 6.66 Å². The summed E-state index contributed by atoms with van der Waals surface area (Å²) in [5.41, 5.74) is 0.709. The molecule has 0 amide bonds. The minimum absolute atomic E-state index is 0.260. The summed E-state index contributed by atoms with van der Waals surface area (Å²) in [4.78, 5) is 8.98. The van der Waals surface area contributed by atoms with Gasteiger partial charge in [-0.05, 0) is 6.07 Å². The van der Waals surface area contributed by atoms with E-state index in [1.54, 1.807) is 24.3 Å². The molecule has 0 saturated heterocycles. The first-order chi connectivity index (χ1) is 6.03. The molecule has 72 valence electrons. The number of rotatable bonds is 3. The number of alkyl halides is 1. The maximum atomic E-state index is 10.9. The normalized spacial score (nSPS) is 15.0. The molecule has 0 radical (unpaired) electrons. The van der Waals surface area contributed by atoms with Crippen LogP contribution in [0, 0.1) is 0 Å². The van der Waals surface area contributed by atoms with Crippen LogP contribution in [0.5, 0.6) is 5.75 Å². The van der Waals surface area contributed by atoms with Gasteiger partial charge in [-0.3, -0.25) is 0 Å². The number of para-hydroxylation sites is 1. The van der Waals surface area contributed by atoms with Crippen molar-refractivity contribution in [3.63, 3.8) is 0 Å². The molecular weight excluding hydrogens is 211 g/mol. The molecular formula is C8H10ClO3P. The van der Waals surface area contributed by atoms with Gasteiger partial charge in [0.05, 0.1) is 5.88 Å². The van der Waals surface area contributed by atoms with Crippen LogP contribution in [-0.4, -0.2) is 11.6 Å². The van der Waals surface area contributed by atoms with Crippen LogP contribution in [0.15, 0.2) is 24.3 Å². The van der Waals surface area contributed by atoms with Gasteiger partial charge < -0.3 is 9.42 Å². The first kappa shape index (κ1) is 10.6. The summed E-state index contributed by atoms with van der Waals surface area (Å²) < 4.78 is 15.8. The highest BCUT2D eigenvalue weighted by molar-refractivity contribution is 7.52. The highest BCUT2D eigenvalue weighted by atomic mass is 35.5. The van der Waals surface area contributed by atoms with Crippen molar-refractivity contribution in [2.45, 2.75) is 5.88 Å². The third-order valence-corrected chi connectivity index (χ3v) is 2.21. The molecule has 13 heavy (non-hydrogen) atoms. The van der Waals surface area contributed by atoms with Crippen molar-refractivity contribution >= 4 is 19.2 Å². The standard InChI is InChI=1S/C8H10ClO3P/c1-13(10,11)12-8-5-3-2-4-7(8)6-9/h2-5H,6H2,1H3,(H,10,11). The largest absolute Gasteiger partial charge is 0.424 e. The molecule has 0 spiro atoms. The van der Waals surface area contributed by atoms with E-state index in [9.17, 15) is 4.57 Å². The number of hydrogen-bond acceptors (Lipinski definition) is 2. The molecule has 1 atom stereocenters. The Labute approximate surface area is 81.8 Å². The van der Waals surface area contributed by atoms with E-state index in [1.165, 1.54) is 0 Å². The van der Waals surface area contributed by atoms with Crippen molar-refractivity contribution in [3.8, 4) is 5.75 Å². The minimum Gasteiger partial charge on any atom is -0.424 e. The van der Waals surface area contributed by atoms with Crippen LogP contribution in [0.4, 0.5) is 0 Å². The second-order valence-corrected chi connectivity index (χ2v) is 4.69. The third-order valence-electron chi connectivity index (χ3n) is 1.38. The topological polar surface area (TPSA) is 46.5 Å². The number of benzene rings is 1. The molecule has 0 bridgehead atoms. The van der Waals surface area contributed by atoms with Gasteiger partial charge in [0.15, 0.2) is 0 Å². The lowest BCUT2D eigenvalue weighted by Crippen LogP contribution is -1.92. The lowest BCUT2D eigenvalue weighted by molar-refractivity contribution is 0.386. The van der Waals surface area contributed by atoms with Crippen LogP contribution < -0.4 is 4.52 Å². The Kier molecular flexibility index (Phi) is 3.37. The average Bonchev–Trinajstić information content (AvgIpc) is 2.02. The molecule has 0 saturated carbocycles. The maximum Gasteiger partial charge on any atom is 0.373 e. The van der Waals surface area contributed by atoms with E-state index in [4.69, 9.17) is 21.0 Å². The summed E-state index contributed by atoms with van der Waals surface area (Å²) in [5.74, 6) is 0.627. The molecule has 0 aliphatic carbocycles. The molecule has 1 aromatic rings. The average molecular weight is 221 g/mol. The van der Waals surface area contributed by atoms with Crippen molar-refractivity contribution in [2.75, 3.05) is 6.66 Å². The lowest BCUT2D eigenvalue weighted by Gasteiger charge is -2.11. The second kappa shape index (κ2) is 4.14. The number of halogens is 1. The molecule has 1 N–H and O–H groups in total. The monoisotopic (exact) mass is 220 g/mol. The molecule has 0 aromatic heterocycles. The van der Waals surface area contributed by atoms with Crippen molar-refractivity contribution in [1.82, 2.24) is 0 Å². The molecule has 0 heterocycles. The van der Waals surface area contributed by atoms with Gasteiger partial charge >= 0.3 is 7.60 Å². The molecule has 0 fully saturated rings. The lowest BCUT2D eigenvalue weighted by atomic mass is 10.2. The highest BCUT2D eigenvalue weighted by Gasteiger charge is 2.13.